The fourth-order valence-corrected chi connectivity index (χ4v) is 4.09. The predicted molar refractivity (Wildman–Crippen MR) is 87.5 cm³/mol. The molecule has 1 aliphatic carbocycles. The molecule has 4 atom stereocenters. The summed E-state index contributed by atoms with van der Waals surface area (Å²) in [5.74, 6) is -3.55. The highest BCUT2D eigenvalue weighted by atomic mass is 19.4. The van der Waals surface area contributed by atoms with Crippen LogP contribution in [0.1, 0.15) is 41.0 Å². The average molecular weight is 377 g/mol. The summed E-state index contributed by atoms with van der Waals surface area (Å²) in [6.07, 6.45) is -5.08. The summed E-state index contributed by atoms with van der Waals surface area (Å²) in [5, 5.41) is 1.79. The van der Waals surface area contributed by atoms with Crippen molar-refractivity contribution in [1.29, 1.82) is 0 Å². The number of fused-ring (bicyclic) bond motifs is 1. The SMILES string of the molecule is CC(C)(C)C[C@H](NC(=O)C(F)(F)F)C(=O)N1CC2C(C1C(N)=O)C2(C)C. The van der Waals surface area contributed by atoms with Crippen LogP contribution in [0.5, 0.6) is 0 Å². The van der Waals surface area contributed by atoms with Crippen LogP contribution in [-0.4, -0.2) is 47.4 Å². The Balaban J connectivity index is 2.23. The summed E-state index contributed by atoms with van der Waals surface area (Å²) in [5.41, 5.74) is 4.82. The van der Waals surface area contributed by atoms with E-state index in [1.54, 1.807) is 26.1 Å². The summed E-state index contributed by atoms with van der Waals surface area (Å²) in [6, 6.07) is -2.22. The maximum atomic E-state index is 12.9. The highest BCUT2D eigenvalue weighted by Gasteiger charge is 2.69. The number of nitrogens with zero attached hydrogens (tertiary/aromatic N) is 1. The molecule has 0 aromatic heterocycles. The van der Waals surface area contributed by atoms with Gasteiger partial charge < -0.3 is 16.0 Å². The third-order valence-electron chi connectivity index (χ3n) is 5.46. The molecule has 0 aromatic rings. The van der Waals surface area contributed by atoms with Crippen LogP contribution in [0, 0.1) is 22.7 Å². The highest BCUT2D eigenvalue weighted by molar-refractivity contribution is 5.94. The Morgan fingerprint density at radius 1 is 1.23 bits per heavy atom. The van der Waals surface area contributed by atoms with Crippen molar-refractivity contribution in [2.45, 2.75) is 59.3 Å². The number of nitrogens with one attached hydrogen (secondary N) is 1. The van der Waals surface area contributed by atoms with E-state index in [2.05, 4.69) is 0 Å². The molecule has 0 radical (unpaired) electrons. The fourth-order valence-electron chi connectivity index (χ4n) is 4.09. The van der Waals surface area contributed by atoms with Gasteiger partial charge in [-0.25, -0.2) is 0 Å². The normalized spacial score (nSPS) is 28.3. The van der Waals surface area contributed by atoms with Crippen LogP contribution in [0.3, 0.4) is 0 Å². The van der Waals surface area contributed by atoms with Gasteiger partial charge in [0.1, 0.15) is 12.1 Å². The zero-order valence-corrected chi connectivity index (χ0v) is 15.6. The monoisotopic (exact) mass is 377 g/mol. The van der Waals surface area contributed by atoms with Crippen LogP contribution in [-0.2, 0) is 14.4 Å². The van der Waals surface area contributed by atoms with Gasteiger partial charge in [-0.15, -0.1) is 0 Å². The lowest BCUT2D eigenvalue weighted by Crippen LogP contribution is -2.57. The number of hydrogen-bond donors (Lipinski definition) is 2. The average Bonchev–Trinajstić information content (AvgIpc) is 2.83. The Morgan fingerprint density at radius 2 is 1.77 bits per heavy atom. The molecule has 0 bridgehead atoms. The van der Waals surface area contributed by atoms with Crippen LogP contribution >= 0.6 is 0 Å². The number of piperidine rings is 1. The molecular weight excluding hydrogens is 351 g/mol. The lowest BCUT2D eigenvalue weighted by atomic mass is 9.87. The number of hydrogen-bond acceptors (Lipinski definition) is 3. The summed E-state index contributed by atoms with van der Waals surface area (Å²) < 4.78 is 37.9. The summed E-state index contributed by atoms with van der Waals surface area (Å²) in [6.45, 7) is 9.46. The van der Waals surface area contributed by atoms with E-state index < -0.39 is 41.4 Å². The molecule has 2 fully saturated rings. The van der Waals surface area contributed by atoms with Crippen molar-refractivity contribution >= 4 is 17.7 Å². The number of rotatable bonds is 4. The first-order valence-corrected chi connectivity index (χ1v) is 8.55. The quantitative estimate of drug-likeness (QED) is 0.776. The number of amides is 3. The number of halogens is 3. The van der Waals surface area contributed by atoms with E-state index in [1.807, 2.05) is 13.8 Å². The van der Waals surface area contributed by atoms with Crippen LogP contribution in [0.4, 0.5) is 13.2 Å². The van der Waals surface area contributed by atoms with Crippen LogP contribution in [0.25, 0.3) is 0 Å². The number of primary amides is 1. The van der Waals surface area contributed by atoms with E-state index >= 15 is 0 Å². The van der Waals surface area contributed by atoms with E-state index in [-0.39, 0.29) is 30.2 Å². The van der Waals surface area contributed by atoms with E-state index in [1.165, 1.54) is 4.90 Å². The molecule has 3 amide bonds. The lowest BCUT2D eigenvalue weighted by molar-refractivity contribution is -0.175. The largest absolute Gasteiger partial charge is 0.471 e. The van der Waals surface area contributed by atoms with E-state index in [9.17, 15) is 27.6 Å². The second-order valence-corrected chi connectivity index (χ2v) is 9.08. The van der Waals surface area contributed by atoms with Gasteiger partial charge in [-0.1, -0.05) is 34.6 Å². The number of carbonyl (C=O) groups excluding carboxylic acids is 3. The fraction of sp³-hybridized carbons (Fsp3) is 0.824. The molecule has 6 nitrogen and oxygen atoms in total. The molecule has 0 spiro atoms. The Bertz CT molecular complexity index is 625. The molecule has 1 saturated heterocycles. The smallest absolute Gasteiger partial charge is 0.368 e. The molecule has 26 heavy (non-hydrogen) atoms. The molecule has 1 saturated carbocycles. The zero-order valence-electron chi connectivity index (χ0n) is 15.6. The Morgan fingerprint density at radius 3 is 2.19 bits per heavy atom. The molecule has 2 aliphatic rings. The van der Waals surface area contributed by atoms with Gasteiger partial charge in [0.25, 0.3) is 0 Å². The molecule has 1 aliphatic heterocycles. The first-order valence-electron chi connectivity index (χ1n) is 8.55. The van der Waals surface area contributed by atoms with Gasteiger partial charge in [0.05, 0.1) is 0 Å². The molecule has 3 unspecified atom stereocenters. The minimum atomic E-state index is -5.09. The second kappa shape index (κ2) is 6.13. The first kappa shape index (κ1) is 20.5. The maximum Gasteiger partial charge on any atom is 0.471 e. The Hall–Kier alpha value is -1.80. The molecule has 2 rings (SSSR count). The van der Waals surface area contributed by atoms with E-state index in [0.717, 1.165) is 0 Å². The van der Waals surface area contributed by atoms with Crippen molar-refractivity contribution in [2.75, 3.05) is 6.54 Å². The van der Waals surface area contributed by atoms with Gasteiger partial charge in [0.2, 0.25) is 11.8 Å². The van der Waals surface area contributed by atoms with Crippen molar-refractivity contribution in [3.63, 3.8) is 0 Å². The topological polar surface area (TPSA) is 92.5 Å². The van der Waals surface area contributed by atoms with Gasteiger partial charge >= 0.3 is 12.1 Å². The van der Waals surface area contributed by atoms with Crippen molar-refractivity contribution < 1.29 is 27.6 Å². The molecule has 9 heteroatoms. The molecule has 3 N–H and O–H groups in total. The van der Waals surface area contributed by atoms with Crippen LogP contribution in [0.2, 0.25) is 0 Å². The number of carbonyl (C=O) groups is 3. The van der Waals surface area contributed by atoms with Crippen molar-refractivity contribution in [3.8, 4) is 0 Å². The number of nitrogens with two attached hydrogens (primary N) is 1. The summed E-state index contributed by atoms with van der Waals surface area (Å²) in [7, 11) is 0. The molecular formula is C17H26F3N3O3. The predicted octanol–water partition coefficient (Wildman–Crippen LogP) is 1.44. The standard InChI is InChI=1S/C17H26F3N3O3/c1-15(2,3)6-9(22-14(26)17(18,19)20)13(25)23-7-8-10(16(8,4)5)11(23)12(21)24/h8-11H,6-7H2,1-5H3,(H2,21,24)(H,22,26)/t8?,9-,10?,11?/m0/s1. The van der Waals surface area contributed by atoms with Gasteiger partial charge in [0, 0.05) is 6.54 Å². The maximum absolute atomic E-state index is 12.9. The van der Waals surface area contributed by atoms with Crippen molar-refractivity contribution in [2.24, 2.45) is 28.4 Å². The van der Waals surface area contributed by atoms with Gasteiger partial charge in [0.15, 0.2) is 0 Å². The molecule has 0 aromatic carbocycles. The minimum Gasteiger partial charge on any atom is -0.368 e. The van der Waals surface area contributed by atoms with E-state index in [0.29, 0.717) is 0 Å². The second-order valence-electron chi connectivity index (χ2n) is 9.08. The van der Waals surface area contributed by atoms with Crippen LogP contribution in [0.15, 0.2) is 0 Å². The van der Waals surface area contributed by atoms with Crippen molar-refractivity contribution in [1.82, 2.24) is 10.2 Å². The molecule has 1 heterocycles. The number of likely N-dealkylation sites (tertiary alicyclic amines) is 1. The van der Waals surface area contributed by atoms with E-state index in [4.69, 9.17) is 5.73 Å². The third-order valence-corrected chi connectivity index (χ3v) is 5.46. The highest BCUT2D eigenvalue weighted by Crippen LogP contribution is 2.64. The first-order chi connectivity index (χ1) is 11.6. The van der Waals surface area contributed by atoms with Gasteiger partial charge in [-0.05, 0) is 29.1 Å². The number of alkyl halides is 3. The summed E-state index contributed by atoms with van der Waals surface area (Å²) >= 11 is 0. The lowest BCUT2D eigenvalue weighted by Gasteiger charge is -2.34. The van der Waals surface area contributed by atoms with Gasteiger partial charge in [-0.3, -0.25) is 14.4 Å². The minimum absolute atomic E-state index is 0.00830. The summed E-state index contributed by atoms with van der Waals surface area (Å²) in [4.78, 5) is 37.4. The Kier molecular flexibility index (Phi) is 4.83. The third kappa shape index (κ3) is 3.81. The van der Waals surface area contributed by atoms with Crippen LogP contribution < -0.4 is 11.1 Å². The van der Waals surface area contributed by atoms with Crippen molar-refractivity contribution in [3.05, 3.63) is 0 Å². The Labute approximate surface area is 150 Å². The van der Waals surface area contributed by atoms with Gasteiger partial charge in [-0.2, -0.15) is 13.2 Å². The molecule has 148 valence electrons. The zero-order chi connectivity index (χ0) is 20.2.